The van der Waals surface area contributed by atoms with E-state index in [2.05, 4.69) is 76.2 Å². The Morgan fingerprint density at radius 2 is 1.48 bits per heavy atom. The first-order chi connectivity index (χ1) is 14.4. The van der Waals surface area contributed by atoms with Crippen LogP contribution in [0.15, 0.2) is 79.0 Å². The molecule has 3 heterocycles. The molecule has 146 valence electrons. The van der Waals surface area contributed by atoms with Crippen molar-refractivity contribution in [3.63, 3.8) is 0 Å². The van der Waals surface area contributed by atoms with Gasteiger partial charge in [0.1, 0.15) is 11.3 Å². The zero-order valence-corrected chi connectivity index (χ0v) is 16.6. The molecule has 0 bridgehead atoms. The van der Waals surface area contributed by atoms with Crippen molar-refractivity contribution in [1.82, 2.24) is 19.4 Å². The molecule has 5 rings (SSSR count). The van der Waals surface area contributed by atoms with E-state index in [4.69, 9.17) is 9.97 Å². The molecule has 0 amide bonds. The summed E-state index contributed by atoms with van der Waals surface area (Å²) in [7, 11) is 0. The zero-order chi connectivity index (χ0) is 19.5. The second-order valence-corrected chi connectivity index (χ2v) is 7.90. The maximum absolute atomic E-state index is 4.96. The quantitative estimate of drug-likeness (QED) is 0.494. The molecule has 29 heavy (non-hydrogen) atoms. The standard InChI is InChI=1S/C25H26N4/c1-3-8-20(9-4-1)18-24-27-23-12-7-15-26-25(23)29(24)22-13-16-28(17-14-22)19-21-10-5-2-6-11-21/h1-12,15,22H,13-14,16-19H2. The van der Waals surface area contributed by atoms with Gasteiger partial charge in [0.15, 0.2) is 5.65 Å². The number of nitrogens with zero attached hydrogens (tertiary/aromatic N) is 4. The molecule has 4 aromatic rings. The summed E-state index contributed by atoms with van der Waals surface area (Å²) >= 11 is 0. The molecule has 0 saturated carbocycles. The first kappa shape index (κ1) is 18.1. The van der Waals surface area contributed by atoms with Crippen molar-refractivity contribution >= 4 is 11.2 Å². The number of pyridine rings is 1. The lowest BCUT2D eigenvalue weighted by molar-refractivity contribution is 0.180. The lowest BCUT2D eigenvalue weighted by atomic mass is 10.0. The molecular weight excluding hydrogens is 356 g/mol. The molecule has 4 nitrogen and oxygen atoms in total. The van der Waals surface area contributed by atoms with E-state index in [1.807, 2.05) is 12.3 Å². The summed E-state index contributed by atoms with van der Waals surface area (Å²) in [6, 6.07) is 25.9. The third kappa shape index (κ3) is 3.94. The molecule has 1 aliphatic heterocycles. The Balaban J connectivity index is 1.38. The minimum Gasteiger partial charge on any atom is -0.309 e. The van der Waals surface area contributed by atoms with Crippen LogP contribution < -0.4 is 0 Å². The maximum atomic E-state index is 4.96. The predicted octanol–water partition coefficient (Wildman–Crippen LogP) is 4.86. The second kappa shape index (κ2) is 8.18. The Labute approximate surface area is 171 Å². The average molecular weight is 383 g/mol. The molecule has 0 N–H and O–H groups in total. The van der Waals surface area contributed by atoms with Crippen LogP contribution in [-0.4, -0.2) is 32.5 Å². The van der Waals surface area contributed by atoms with Gasteiger partial charge in [-0.25, -0.2) is 9.97 Å². The number of piperidine rings is 1. The summed E-state index contributed by atoms with van der Waals surface area (Å²) in [4.78, 5) is 12.2. The van der Waals surface area contributed by atoms with Gasteiger partial charge in [-0.15, -0.1) is 0 Å². The molecule has 2 aromatic heterocycles. The zero-order valence-electron chi connectivity index (χ0n) is 16.6. The van der Waals surface area contributed by atoms with Gasteiger partial charge >= 0.3 is 0 Å². The van der Waals surface area contributed by atoms with Gasteiger partial charge in [-0.2, -0.15) is 0 Å². The number of hydrogen-bond acceptors (Lipinski definition) is 3. The Bertz CT molecular complexity index is 1060. The topological polar surface area (TPSA) is 34.0 Å². The van der Waals surface area contributed by atoms with Gasteiger partial charge in [0.05, 0.1) is 0 Å². The van der Waals surface area contributed by atoms with Crippen LogP contribution in [0.1, 0.15) is 35.8 Å². The van der Waals surface area contributed by atoms with Crippen molar-refractivity contribution in [3.8, 4) is 0 Å². The summed E-state index contributed by atoms with van der Waals surface area (Å²) < 4.78 is 2.42. The Morgan fingerprint density at radius 3 is 2.21 bits per heavy atom. The van der Waals surface area contributed by atoms with E-state index < -0.39 is 0 Å². The summed E-state index contributed by atoms with van der Waals surface area (Å²) in [5.74, 6) is 1.13. The first-order valence-electron chi connectivity index (χ1n) is 10.5. The maximum Gasteiger partial charge on any atom is 0.160 e. The van der Waals surface area contributed by atoms with E-state index in [-0.39, 0.29) is 0 Å². The van der Waals surface area contributed by atoms with E-state index in [1.54, 1.807) is 0 Å². The first-order valence-corrected chi connectivity index (χ1v) is 10.5. The van der Waals surface area contributed by atoms with Crippen LogP contribution >= 0.6 is 0 Å². The van der Waals surface area contributed by atoms with Crippen molar-refractivity contribution in [1.29, 1.82) is 0 Å². The van der Waals surface area contributed by atoms with Gasteiger partial charge in [-0.1, -0.05) is 60.7 Å². The normalized spacial score (nSPS) is 15.7. The van der Waals surface area contributed by atoms with Crippen molar-refractivity contribution in [2.75, 3.05) is 13.1 Å². The highest BCUT2D eigenvalue weighted by Crippen LogP contribution is 2.29. The van der Waals surface area contributed by atoms with Gasteiger partial charge in [-0.3, -0.25) is 4.90 Å². The van der Waals surface area contributed by atoms with Crippen molar-refractivity contribution in [2.45, 2.75) is 31.8 Å². The fourth-order valence-corrected chi connectivity index (χ4v) is 4.44. The Hall–Kier alpha value is -2.98. The highest BCUT2D eigenvalue weighted by molar-refractivity contribution is 5.71. The molecule has 2 aromatic carbocycles. The Morgan fingerprint density at radius 1 is 0.793 bits per heavy atom. The van der Waals surface area contributed by atoms with Crippen molar-refractivity contribution in [2.24, 2.45) is 0 Å². The Kier molecular flexibility index (Phi) is 5.10. The predicted molar refractivity (Wildman–Crippen MR) is 117 cm³/mol. The van der Waals surface area contributed by atoms with E-state index in [0.717, 1.165) is 55.9 Å². The fourth-order valence-electron chi connectivity index (χ4n) is 4.44. The highest BCUT2D eigenvalue weighted by atomic mass is 15.2. The molecular formula is C25H26N4. The van der Waals surface area contributed by atoms with Crippen molar-refractivity contribution in [3.05, 3.63) is 95.9 Å². The van der Waals surface area contributed by atoms with Gasteiger partial charge in [0, 0.05) is 38.3 Å². The number of fused-ring (bicyclic) bond motifs is 1. The molecule has 0 radical (unpaired) electrons. The smallest absolute Gasteiger partial charge is 0.160 e. The fraction of sp³-hybridized carbons (Fsp3) is 0.280. The van der Waals surface area contributed by atoms with Gasteiger partial charge in [0.25, 0.3) is 0 Å². The summed E-state index contributed by atoms with van der Waals surface area (Å²) in [6.07, 6.45) is 5.01. The molecule has 0 spiro atoms. The monoisotopic (exact) mass is 382 g/mol. The van der Waals surface area contributed by atoms with Crippen LogP contribution in [-0.2, 0) is 13.0 Å². The van der Waals surface area contributed by atoms with E-state index >= 15 is 0 Å². The largest absolute Gasteiger partial charge is 0.309 e. The van der Waals surface area contributed by atoms with Crippen LogP contribution in [0.3, 0.4) is 0 Å². The van der Waals surface area contributed by atoms with Crippen LogP contribution in [0.25, 0.3) is 11.2 Å². The summed E-state index contributed by atoms with van der Waals surface area (Å²) in [6.45, 7) is 3.25. The molecule has 1 fully saturated rings. The molecule has 0 aliphatic carbocycles. The number of rotatable bonds is 5. The second-order valence-electron chi connectivity index (χ2n) is 7.90. The molecule has 1 saturated heterocycles. The van der Waals surface area contributed by atoms with Crippen LogP contribution in [0.2, 0.25) is 0 Å². The summed E-state index contributed by atoms with van der Waals surface area (Å²) in [5.41, 5.74) is 4.72. The van der Waals surface area contributed by atoms with E-state index in [9.17, 15) is 0 Å². The summed E-state index contributed by atoms with van der Waals surface area (Å²) in [5, 5.41) is 0. The third-order valence-corrected chi connectivity index (χ3v) is 5.90. The third-order valence-electron chi connectivity index (χ3n) is 5.90. The van der Waals surface area contributed by atoms with Crippen LogP contribution in [0, 0.1) is 0 Å². The van der Waals surface area contributed by atoms with Gasteiger partial charge in [-0.05, 0) is 36.1 Å². The lowest BCUT2D eigenvalue weighted by Gasteiger charge is -2.33. The minimum atomic E-state index is 0.459. The number of likely N-dealkylation sites (tertiary alicyclic amines) is 1. The molecule has 4 heteroatoms. The van der Waals surface area contributed by atoms with E-state index in [1.165, 1.54) is 11.1 Å². The number of benzene rings is 2. The van der Waals surface area contributed by atoms with Crippen LogP contribution in [0.4, 0.5) is 0 Å². The molecule has 0 unspecified atom stereocenters. The minimum absolute atomic E-state index is 0.459. The SMILES string of the molecule is c1ccc(Cc2nc3cccnc3n2C2CCN(Cc3ccccc3)CC2)cc1. The number of hydrogen-bond donors (Lipinski definition) is 0. The molecule has 0 atom stereocenters. The number of imidazole rings is 1. The van der Waals surface area contributed by atoms with E-state index in [0.29, 0.717) is 6.04 Å². The number of aromatic nitrogens is 3. The highest BCUT2D eigenvalue weighted by Gasteiger charge is 2.25. The van der Waals surface area contributed by atoms with Gasteiger partial charge < -0.3 is 4.57 Å². The van der Waals surface area contributed by atoms with Crippen molar-refractivity contribution < 1.29 is 0 Å². The lowest BCUT2D eigenvalue weighted by Crippen LogP contribution is -2.34. The molecule has 1 aliphatic rings. The average Bonchev–Trinajstić information content (AvgIpc) is 3.13. The van der Waals surface area contributed by atoms with Crippen LogP contribution in [0.5, 0.6) is 0 Å². The van der Waals surface area contributed by atoms with Gasteiger partial charge in [0.2, 0.25) is 0 Å².